The molecule has 3 N–H and O–H groups in total. The third kappa shape index (κ3) is 2.83. The summed E-state index contributed by atoms with van der Waals surface area (Å²) in [7, 11) is 0. The molecule has 1 aliphatic rings. The van der Waals surface area contributed by atoms with Gasteiger partial charge in [0, 0.05) is 6.61 Å². The van der Waals surface area contributed by atoms with Crippen LogP contribution in [-0.4, -0.2) is 18.8 Å². The fourth-order valence-electron chi connectivity index (χ4n) is 2.40. The molecule has 0 bridgehead atoms. The molecule has 2 rings (SSSR count). The minimum Gasteiger partial charge on any atom is -0.376 e. The number of nitrogens with two attached hydrogens (primary N) is 1. The summed E-state index contributed by atoms with van der Waals surface area (Å²) in [5.41, 5.74) is 3.44. The maximum Gasteiger partial charge on any atom is 0.126 e. The number of hydrogen-bond acceptors (Lipinski definition) is 3. The highest BCUT2D eigenvalue weighted by atomic mass is 19.1. The van der Waals surface area contributed by atoms with Crippen LogP contribution in [0.1, 0.15) is 18.9 Å². The second-order valence-electron chi connectivity index (χ2n) is 4.67. The Labute approximate surface area is 101 Å². The zero-order chi connectivity index (χ0) is 12.3. The maximum atomic E-state index is 13.6. The first-order valence-corrected chi connectivity index (χ1v) is 6.03. The molecule has 1 heterocycles. The third-order valence-corrected chi connectivity index (χ3v) is 3.45. The fraction of sp³-hybridized carbons (Fsp3) is 0.538. The number of nitrogens with one attached hydrogen (secondary N) is 1. The summed E-state index contributed by atoms with van der Waals surface area (Å²) >= 11 is 0. The Hall–Kier alpha value is -0.970. The smallest absolute Gasteiger partial charge is 0.126 e. The molecule has 4 heteroatoms. The van der Waals surface area contributed by atoms with E-state index < -0.39 is 0 Å². The van der Waals surface area contributed by atoms with Gasteiger partial charge in [0.25, 0.3) is 0 Å². The second kappa shape index (κ2) is 5.58. The average molecular weight is 238 g/mol. The van der Waals surface area contributed by atoms with E-state index in [1.165, 1.54) is 6.07 Å². The number of rotatable bonds is 4. The van der Waals surface area contributed by atoms with Gasteiger partial charge in [-0.25, -0.2) is 4.39 Å². The van der Waals surface area contributed by atoms with Crippen LogP contribution in [0.25, 0.3) is 0 Å². The number of hydrogen-bond donors (Lipinski definition) is 2. The lowest BCUT2D eigenvalue weighted by Gasteiger charge is -2.25. The normalized spacial score (nSPS) is 26.1. The highest BCUT2D eigenvalue weighted by Crippen LogP contribution is 2.24. The van der Waals surface area contributed by atoms with Gasteiger partial charge in [-0.3, -0.25) is 11.3 Å². The topological polar surface area (TPSA) is 47.3 Å². The molecule has 1 aromatic rings. The Balaban J connectivity index is 2.07. The first-order valence-electron chi connectivity index (χ1n) is 6.03. The Morgan fingerprint density at radius 1 is 1.53 bits per heavy atom. The number of hydrazine groups is 1. The van der Waals surface area contributed by atoms with Crippen molar-refractivity contribution < 1.29 is 9.13 Å². The summed E-state index contributed by atoms with van der Waals surface area (Å²) in [5.74, 6) is 5.84. The van der Waals surface area contributed by atoms with Gasteiger partial charge in [0.1, 0.15) is 5.82 Å². The molecule has 0 aliphatic carbocycles. The van der Waals surface area contributed by atoms with Crippen molar-refractivity contribution in [3.63, 3.8) is 0 Å². The largest absolute Gasteiger partial charge is 0.376 e. The second-order valence-corrected chi connectivity index (χ2v) is 4.67. The molecule has 0 saturated carbocycles. The van der Waals surface area contributed by atoms with Crippen LogP contribution in [-0.2, 0) is 11.2 Å². The zero-order valence-corrected chi connectivity index (χ0v) is 10.0. The highest BCUT2D eigenvalue weighted by molar-refractivity contribution is 5.18. The molecule has 1 fully saturated rings. The highest BCUT2D eigenvalue weighted by Gasteiger charge is 2.31. The Bertz CT molecular complexity index is 372. The summed E-state index contributed by atoms with van der Waals surface area (Å²) < 4.78 is 19.2. The predicted molar refractivity (Wildman–Crippen MR) is 64.7 cm³/mol. The zero-order valence-electron chi connectivity index (χ0n) is 10.0. The van der Waals surface area contributed by atoms with Crippen LogP contribution in [0.5, 0.6) is 0 Å². The molecule has 3 nitrogen and oxygen atoms in total. The Morgan fingerprint density at radius 2 is 2.29 bits per heavy atom. The number of halogens is 1. The van der Waals surface area contributed by atoms with E-state index in [0.717, 1.165) is 13.0 Å². The van der Waals surface area contributed by atoms with E-state index in [0.29, 0.717) is 17.9 Å². The molecule has 0 spiro atoms. The van der Waals surface area contributed by atoms with Crippen molar-refractivity contribution in [1.29, 1.82) is 0 Å². The first-order chi connectivity index (χ1) is 8.22. The van der Waals surface area contributed by atoms with Crippen LogP contribution in [0.4, 0.5) is 4.39 Å². The Morgan fingerprint density at radius 3 is 2.88 bits per heavy atom. The average Bonchev–Trinajstić information content (AvgIpc) is 2.75. The SMILES string of the molecule is CC1CCOC1C(Cc1ccccc1F)NN. The van der Waals surface area contributed by atoms with Gasteiger partial charge in [-0.1, -0.05) is 25.1 Å². The van der Waals surface area contributed by atoms with E-state index in [4.69, 9.17) is 10.6 Å². The molecule has 3 unspecified atom stereocenters. The minimum absolute atomic E-state index is 0.0376. The molecule has 0 aromatic heterocycles. The van der Waals surface area contributed by atoms with Crippen molar-refractivity contribution in [3.05, 3.63) is 35.6 Å². The van der Waals surface area contributed by atoms with E-state index in [2.05, 4.69) is 12.3 Å². The van der Waals surface area contributed by atoms with Gasteiger partial charge in [-0.2, -0.15) is 0 Å². The van der Waals surface area contributed by atoms with Gasteiger partial charge in [0.15, 0.2) is 0 Å². The van der Waals surface area contributed by atoms with Crippen molar-refractivity contribution >= 4 is 0 Å². The van der Waals surface area contributed by atoms with Crippen LogP contribution >= 0.6 is 0 Å². The molecule has 0 amide bonds. The van der Waals surface area contributed by atoms with E-state index in [-0.39, 0.29) is 18.0 Å². The van der Waals surface area contributed by atoms with Crippen LogP contribution < -0.4 is 11.3 Å². The van der Waals surface area contributed by atoms with Crippen molar-refractivity contribution in [1.82, 2.24) is 5.43 Å². The summed E-state index contributed by atoms with van der Waals surface area (Å²) in [6, 6.07) is 6.76. The summed E-state index contributed by atoms with van der Waals surface area (Å²) in [6.07, 6.45) is 1.66. The van der Waals surface area contributed by atoms with Gasteiger partial charge < -0.3 is 4.74 Å². The Kier molecular flexibility index (Phi) is 4.10. The van der Waals surface area contributed by atoms with Crippen LogP contribution in [0.2, 0.25) is 0 Å². The minimum atomic E-state index is -0.182. The molecule has 17 heavy (non-hydrogen) atoms. The fourth-order valence-corrected chi connectivity index (χ4v) is 2.40. The van der Waals surface area contributed by atoms with E-state index in [1.54, 1.807) is 12.1 Å². The monoisotopic (exact) mass is 238 g/mol. The third-order valence-electron chi connectivity index (χ3n) is 3.45. The molecule has 0 radical (unpaired) electrons. The summed E-state index contributed by atoms with van der Waals surface area (Å²) in [6.45, 7) is 2.91. The summed E-state index contributed by atoms with van der Waals surface area (Å²) in [4.78, 5) is 0. The maximum absolute atomic E-state index is 13.6. The lowest BCUT2D eigenvalue weighted by Crippen LogP contribution is -2.47. The lowest BCUT2D eigenvalue weighted by molar-refractivity contribution is 0.0608. The lowest BCUT2D eigenvalue weighted by atomic mass is 9.93. The predicted octanol–water partition coefficient (Wildman–Crippen LogP) is 1.63. The van der Waals surface area contributed by atoms with Gasteiger partial charge in [-0.15, -0.1) is 0 Å². The van der Waals surface area contributed by atoms with Crippen LogP contribution in [0.15, 0.2) is 24.3 Å². The van der Waals surface area contributed by atoms with Crippen molar-refractivity contribution in [3.8, 4) is 0 Å². The van der Waals surface area contributed by atoms with Gasteiger partial charge in [-0.05, 0) is 30.4 Å². The van der Waals surface area contributed by atoms with Gasteiger partial charge in [0.2, 0.25) is 0 Å². The van der Waals surface area contributed by atoms with E-state index in [1.807, 2.05) is 6.07 Å². The van der Waals surface area contributed by atoms with E-state index >= 15 is 0 Å². The van der Waals surface area contributed by atoms with Gasteiger partial charge >= 0.3 is 0 Å². The molecule has 1 aromatic carbocycles. The van der Waals surface area contributed by atoms with Crippen LogP contribution in [0.3, 0.4) is 0 Å². The molecule has 1 aliphatic heterocycles. The van der Waals surface area contributed by atoms with Crippen LogP contribution in [0, 0.1) is 11.7 Å². The standard InChI is InChI=1S/C13H19FN2O/c1-9-6-7-17-13(9)12(16-15)8-10-4-2-3-5-11(10)14/h2-5,9,12-13,16H,6-8,15H2,1H3. The van der Waals surface area contributed by atoms with Crippen molar-refractivity contribution in [2.24, 2.45) is 11.8 Å². The first kappa shape index (κ1) is 12.5. The molecular weight excluding hydrogens is 219 g/mol. The van der Waals surface area contributed by atoms with Crippen molar-refractivity contribution in [2.75, 3.05) is 6.61 Å². The molecule has 94 valence electrons. The van der Waals surface area contributed by atoms with Crippen molar-refractivity contribution in [2.45, 2.75) is 31.9 Å². The summed E-state index contributed by atoms with van der Waals surface area (Å²) in [5, 5.41) is 0. The number of ether oxygens (including phenoxy) is 1. The van der Waals surface area contributed by atoms with Gasteiger partial charge in [0.05, 0.1) is 12.1 Å². The molecular formula is C13H19FN2O. The number of benzene rings is 1. The quantitative estimate of drug-likeness (QED) is 0.619. The molecule has 3 atom stereocenters. The van der Waals surface area contributed by atoms with E-state index in [9.17, 15) is 4.39 Å². The molecule has 1 saturated heterocycles.